The van der Waals surface area contributed by atoms with Crippen LogP contribution in [0.1, 0.15) is 19.3 Å². The zero-order valence-electron chi connectivity index (χ0n) is 15.3. The van der Waals surface area contributed by atoms with Crippen LogP contribution in [-0.2, 0) is 4.79 Å². The third-order valence-corrected chi connectivity index (χ3v) is 5.32. The van der Waals surface area contributed by atoms with Gasteiger partial charge in [-0.25, -0.2) is 9.97 Å². The molecular formula is C19H24N4O3. The number of benzene rings is 1. The molecule has 138 valence electrons. The summed E-state index contributed by atoms with van der Waals surface area (Å²) in [5.74, 6) is 2.50. The van der Waals surface area contributed by atoms with Crippen LogP contribution in [0.25, 0.3) is 10.9 Å². The predicted octanol–water partition coefficient (Wildman–Crippen LogP) is 2.10. The summed E-state index contributed by atoms with van der Waals surface area (Å²) in [5.41, 5.74) is 0.804. The fraction of sp³-hybridized carbons (Fsp3) is 0.526. The van der Waals surface area contributed by atoms with Gasteiger partial charge in [0.1, 0.15) is 12.1 Å². The molecule has 1 aromatic heterocycles. The van der Waals surface area contributed by atoms with E-state index in [0.717, 1.165) is 42.7 Å². The van der Waals surface area contributed by atoms with Crippen molar-refractivity contribution in [1.82, 2.24) is 14.9 Å². The Balaban J connectivity index is 1.54. The van der Waals surface area contributed by atoms with Crippen molar-refractivity contribution in [2.24, 2.45) is 5.92 Å². The summed E-state index contributed by atoms with van der Waals surface area (Å²) in [5, 5.41) is 0.911. The van der Waals surface area contributed by atoms with Gasteiger partial charge in [0.05, 0.1) is 25.7 Å². The first-order valence-corrected chi connectivity index (χ1v) is 9.11. The van der Waals surface area contributed by atoms with Crippen LogP contribution in [-0.4, -0.2) is 61.2 Å². The van der Waals surface area contributed by atoms with Crippen LogP contribution >= 0.6 is 0 Å². The van der Waals surface area contributed by atoms with Gasteiger partial charge in [-0.05, 0) is 25.3 Å². The molecule has 0 spiro atoms. The lowest BCUT2D eigenvalue weighted by molar-refractivity contribution is -0.137. The van der Waals surface area contributed by atoms with E-state index in [4.69, 9.17) is 9.47 Å². The number of carbonyl (C=O) groups excluding carboxylic acids is 1. The van der Waals surface area contributed by atoms with Crippen LogP contribution in [0.15, 0.2) is 18.5 Å². The van der Waals surface area contributed by atoms with Crippen LogP contribution in [0, 0.1) is 5.92 Å². The summed E-state index contributed by atoms with van der Waals surface area (Å²) in [4.78, 5) is 25.6. The third-order valence-electron chi connectivity index (χ3n) is 5.32. The second-order valence-corrected chi connectivity index (χ2v) is 6.91. The van der Waals surface area contributed by atoms with Crippen LogP contribution in [0.3, 0.4) is 0 Å². The number of ether oxygens (including phenoxy) is 2. The first kappa shape index (κ1) is 16.9. The van der Waals surface area contributed by atoms with E-state index in [0.29, 0.717) is 30.5 Å². The van der Waals surface area contributed by atoms with Gasteiger partial charge in [0.15, 0.2) is 11.5 Å². The fourth-order valence-electron chi connectivity index (χ4n) is 3.80. The zero-order valence-corrected chi connectivity index (χ0v) is 15.3. The highest BCUT2D eigenvalue weighted by Gasteiger charge is 2.37. The highest BCUT2D eigenvalue weighted by atomic mass is 16.5. The highest BCUT2D eigenvalue weighted by molar-refractivity contribution is 5.93. The SMILES string of the molecule is COc1cc2ncnc(N3CC(C(=O)N4CCCCC4)C3)c2cc1OC. The van der Waals surface area contributed by atoms with E-state index >= 15 is 0 Å². The number of nitrogens with zero attached hydrogens (tertiary/aromatic N) is 4. The van der Waals surface area contributed by atoms with E-state index in [9.17, 15) is 4.79 Å². The van der Waals surface area contributed by atoms with Gasteiger partial charge >= 0.3 is 0 Å². The van der Waals surface area contributed by atoms with Crippen molar-refractivity contribution < 1.29 is 14.3 Å². The Labute approximate surface area is 152 Å². The summed E-state index contributed by atoms with van der Waals surface area (Å²) in [6.07, 6.45) is 5.04. The molecule has 0 aliphatic carbocycles. The summed E-state index contributed by atoms with van der Waals surface area (Å²) in [6, 6.07) is 3.76. The van der Waals surface area contributed by atoms with Crippen molar-refractivity contribution in [2.75, 3.05) is 45.3 Å². The Morgan fingerprint density at radius 2 is 1.73 bits per heavy atom. The molecule has 0 bridgehead atoms. The number of amides is 1. The molecule has 0 unspecified atom stereocenters. The average Bonchev–Trinajstić information content (AvgIpc) is 2.66. The number of carbonyl (C=O) groups is 1. The van der Waals surface area contributed by atoms with Crippen molar-refractivity contribution in [3.63, 3.8) is 0 Å². The van der Waals surface area contributed by atoms with Gasteiger partial charge in [0.2, 0.25) is 5.91 Å². The lowest BCUT2D eigenvalue weighted by Crippen LogP contribution is -2.55. The summed E-state index contributed by atoms with van der Waals surface area (Å²) < 4.78 is 10.8. The van der Waals surface area contributed by atoms with E-state index in [1.54, 1.807) is 20.5 Å². The maximum atomic E-state index is 12.6. The van der Waals surface area contributed by atoms with Crippen LogP contribution < -0.4 is 14.4 Å². The van der Waals surface area contributed by atoms with Crippen molar-refractivity contribution in [3.05, 3.63) is 18.5 Å². The second-order valence-electron chi connectivity index (χ2n) is 6.91. The molecular weight excluding hydrogens is 332 g/mol. The van der Waals surface area contributed by atoms with E-state index < -0.39 is 0 Å². The first-order chi connectivity index (χ1) is 12.7. The molecule has 0 atom stereocenters. The monoisotopic (exact) mass is 356 g/mol. The smallest absolute Gasteiger partial charge is 0.229 e. The van der Waals surface area contributed by atoms with E-state index in [1.165, 1.54) is 6.42 Å². The largest absolute Gasteiger partial charge is 0.493 e. The van der Waals surface area contributed by atoms with Crippen molar-refractivity contribution >= 4 is 22.6 Å². The van der Waals surface area contributed by atoms with Crippen LogP contribution in [0.2, 0.25) is 0 Å². The number of hydrogen-bond donors (Lipinski definition) is 0. The number of hydrogen-bond acceptors (Lipinski definition) is 6. The lowest BCUT2D eigenvalue weighted by atomic mass is 9.96. The molecule has 3 heterocycles. The fourth-order valence-corrected chi connectivity index (χ4v) is 3.80. The maximum absolute atomic E-state index is 12.6. The normalized spacial score (nSPS) is 17.9. The summed E-state index contributed by atoms with van der Waals surface area (Å²) in [7, 11) is 3.22. The van der Waals surface area contributed by atoms with Crippen molar-refractivity contribution in [3.8, 4) is 11.5 Å². The number of piperidine rings is 1. The van der Waals surface area contributed by atoms with Gasteiger partial charge in [-0.1, -0.05) is 0 Å². The number of aromatic nitrogens is 2. The van der Waals surface area contributed by atoms with Gasteiger partial charge < -0.3 is 19.3 Å². The van der Waals surface area contributed by atoms with Crippen LogP contribution in [0.4, 0.5) is 5.82 Å². The third kappa shape index (κ3) is 2.91. The minimum atomic E-state index is 0.0678. The van der Waals surface area contributed by atoms with Crippen molar-refractivity contribution in [2.45, 2.75) is 19.3 Å². The highest BCUT2D eigenvalue weighted by Crippen LogP contribution is 2.36. The molecule has 0 N–H and O–H groups in total. The maximum Gasteiger partial charge on any atom is 0.229 e. The molecule has 2 aliphatic rings. The minimum Gasteiger partial charge on any atom is -0.493 e. The second kappa shape index (κ2) is 6.97. The topological polar surface area (TPSA) is 67.8 Å². The Morgan fingerprint density at radius 3 is 2.42 bits per heavy atom. The molecule has 2 aromatic rings. The summed E-state index contributed by atoms with van der Waals surface area (Å²) in [6.45, 7) is 3.22. The molecule has 0 radical (unpaired) electrons. The minimum absolute atomic E-state index is 0.0678. The zero-order chi connectivity index (χ0) is 18.1. The number of anilines is 1. The molecule has 2 aliphatic heterocycles. The molecule has 1 amide bonds. The molecule has 4 rings (SSSR count). The Kier molecular flexibility index (Phi) is 4.53. The van der Waals surface area contributed by atoms with Gasteiger partial charge in [0.25, 0.3) is 0 Å². The van der Waals surface area contributed by atoms with Gasteiger partial charge in [-0.15, -0.1) is 0 Å². The summed E-state index contributed by atoms with van der Waals surface area (Å²) >= 11 is 0. The number of likely N-dealkylation sites (tertiary alicyclic amines) is 1. The van der Waals surface area contributed by atoms with Crippen molar-refractivity contribution in [1.29, 1.82) is 0 Å². The van der Waals surface area contributed by atoms with Gasteiger partial charge in [-0.3, -0.25) is 4.79 Å². The van der Waals surface area contributed by atoms with E-state index in [1.807, 2.05) is 17.0 Å². The van der Waals surface area contributed by atoms with E-state index in [2.05, 4.69) is 14.9 Å². The quantitative estimate of drug-likeness (QED) is 0.836. The Morgan fingerprint density at radius 1 is 1.04 bits per heavy atom. The number of methoxy groups -OCH3 is 2. The molecule has 1 aromatic carbocycles. The molecule has 2 saturated heterocycles. The van der Waals surface area contributed by atoms with E-state index in [-0.39, 0.29) is 5.92 Å². The molecule has 7 nitrogen and oxygen atoms in total. The van der Waals surface area contributed by atoms with Gasteiger partial charge in [-0.2, -0.15) is 0 Å². The number of rotatable bonds is 4. The number of fused-ring (bicyclic) bond motifs is 1. The molecule has 26 heavy (non-hydrogen) atoms. The molecule has 7 heteroatoms. The first-order valence-electron chi connectivity index (χ1n) is 9.11. The average molecular weight is 356 g/mol. The Bertz CT molecular complexity index is 814. The molecule has 2 fully saturated rings. The standard InChI is InChI=1S/C19H24N4O3/c1-25-16-8-14-15(9-17(16)26-2)20-12-21-18(14)23-10-13(11-23)19(24)22-6-4-3-5-7-22/h8-9,12-13H,3-7,10-11H2,1-2H3. The van der Waals surface area contributed by atoms with Gasteiger partial charge in [0, 0.05) is 37.6 Å². The lowest BCUT2D eigenvalue weighted by Gasteiger charge is -2.42. The Hall–Kier alpha value is -2.57. The molecule has 0 saturated carbocycles. The van der Waals surface area contributed by atoms with Crippen LogP contribution in [0.5, 0.6) is 11.5 Å². The predicted molar refractivity (Wildman–Crippen MR) is 98.8 cm³/mol.